The molecule has 0 saturated carbocycles. The fourth-order valence-corrected chi connectivity index (χ4v) is 7.21. The SMILES string of the molecule is CC1C(=O)N(C)C2C1N(C)C(=O)N2C.CCc1cc(C(C)(C)C)cc(CC)c1O.CN(C)C(=O)N(C)C.CN(C)c1nc(N(C)C)nc(N(C)C)n1.CN1C(=O)N(C)C(CO)C1CO. The van der Waals surface area contributed by atoms with Crippen LogP contribution in [0.15, 0.2) is 12.1 Å². The van der Waals surface area contributed by atoms with E-state index in [1.165, 1.54) is 25.2 Å². The Hall–Kier alpha value is -5.37. The van der Waals surface area contributed by atoms with Crippen LogP contribution in [-0.2, 0) is 23.1 Å². The van der Waals surface area contributed by atoms with Crippen molar-refractivity contribution < 1.29 is 34.5 Å². The predicted octanol–water partition coefficient (Wildman–Crippen LogP) is 2.61. The van der Waals surface area contributed by atoms with Crippen LogP contribution in [-0.4, -0.2) is 232 Å². The molecule has 3 aliphatic rings. The van der Waals surface area contributed by atoms with Crippen LogP contribution >= 0.6 is 0 Å². The number of amides is 7. The number of urea groups is 3. The first kappa shape index (κ1) is 56.6. The molecule has 4 heterocycles. The van der Waals surface area contributed by atoms with Gasteiger partial charge >= 0.3 is 18.1 Å². The lowest BCUT2D eigenvalue weighted by Gasteiger charge is -2.24. The number of hydrogen-bond acceptors (Lipinski definition) is 13. The van der Waals surface area contributed by atoms with Crippen LogP contribution in [0, 0.1) is 5.92 Å². The van der Waals surface area contributed by atoms with E-state index >= 15 is 0 Å². The number of fused-ring (bicyclic) bond motifs is 1. The Labute approximate surface area is 383 Å². The molecule has 5 rings (SSSR count). The third-order valence-electron chi connectivity index (χ3n) is 11.3. The lowest BCUT2D eigenvalue weighted by molar-refractivity contribution is -0.131. The summed E-state index contributed by atoms with van der Waals surface area (Å²) in [6.45, 7) is 12.4. The fraction of sp³-hybridized carbons (Fsp3) is 0.705. The van der Waals surface area contributed by atoms with Crippen molar-refractivity contribution in [1.82, 2.24) is 49.3 Å². The van der Waals surface area contributed by atoms with Gasteiger partial charge in [0.05, 0.1) is 37.3 Å². The summed E-state index contributed by atoms with van der Waals surface area (Å²) < 4.78 is 0. The van der Waals surface area contributed by atoms with E-state index in [4.69, 9.17) is 10.2 Å². The van der Waals surface area contributed by atoms with Gasteiger partial charge in [-0.25, -0.2) is 14.4 Å². The van der Waals surface area contributed by atoms with Crippen LogP contribution in [0.4, 0.5) is 32.2 Å². The average Bonchev–Trinajstić information content (AvgIpc) is 3.70. The summed E-state index contributed by atoms with van der Waals surface area (Å²) in [6.07, 6.45) is 1.70. The number of aromatic hydroxyl groups is 1. The summed E-state index contributed by atoms with van der Waals surface area (Å²) in [5.74, 6) is 2.51. The molecule has 1 aromatic heterocycles. The van der Waals surface area contributed by atoms with Gasteiger partial charge in [-0.1, -0.05) is 53.7 Å². The van der Waals surface area contributed by atoms with Crippen LogP contribution in [0.2, 0.25) is 0 Å². The molecule has 1 aromatic carbocycles. The highest BCUT2D eigenvalue weighted by atomic mass is 16.3. The normalized spacial score (nSPS) is 20.0. The Morgan fingerprint density at radius 3 is 1.22 bits per heavy atom. The van der Waals surface area contributed by atoms with Gasteiger partial charge in [-0.05, 0) is 34.9 Å². The number of aliphatic hydroxyl groups is 2. The van der Waals surface area contributed by atoms with Gasteiger partial charge in [-0.2, -0.15) is 15.0 Å². The molecule has 364 valence electrons. The number of phenolic OH excluding ortho intramolecular Hbond substituents is 1. The lowest BCUT2D eigenvalue weighted by atomic mass is 9.84. The molecule has 20 nitrogen and oxygen atoms in total. The van der Waals surface area contributed by atoms with Gasteiger partial charge in [-0.3, -0.25) is 4.79 Å². The summed E-state index contributed by atoms with van der Waals surface area (Å²) in [4.78, 5) is 74.7. The second-order valence-electron chi connectivity index (χ2n) is 18.2. The van der Waals surface area contributed by atoms with Gasteiger partial charge in [0.2, 0.25) is 23.8 Å². The first-order chi connectivity index (χ1) is 29.5. The molecule has 0 aliphatic carbocycles. The van der Waals surface area contributed by atoms with Crippen molar-refractivity contribution in [2.75, 3.05) is 134 Å². The summed E-state index contributed by atoms with van der Waals surface area (Å²) in [5, 5.41) is 27.9. The molecule has 3 N–H and O–H groups in total. The number of rotatable bonds is 7. The molecule has 3 fully saturated rings. The first-order valence-electron chi connectivity index (χ1n) is 21.5. The average molecular weight is 904 g/mol. The standard InChI is InChI=1S/C14H22O.C9H18N6.C9H15N3O2.C7H14N2O3.C5H12N2O/c1-6-10-8-12(14(3,4)5)9-11(7-2)13(10)15;1-13(2)7-10-8(14(3)4)12-9(11-7)15(5)6;1-5-6-7(11(3)8(5)13)12(4)9(14)10(6)2;1-8-5(3-10)6(4-11)9(2)7(8)12;1-6(2)5(8)7(3)4/h8-9,15H,6-7H2,1-5H3;1-6H3;5-7H,1-4H3;5-6,10-11H,3-4H2,1-2H3;1-4H3. The van der Waals surface area contributed by atoms with Gasteiger partial charge in [0.15, 0.2) is 0 Å². The summed E-state index contributed by atoms with van der Waals surface area (Å²) in [7, 11) is 26.9. The van der Waals surface area contributed by atoms with Crippen molar-refractivity contribution in [3.05, 3.63) is 28.8 Å². The number of aryl methyl sites for hydroxylation is 2. The zero-order valence-electron chi connectivity index (χ0n) is 42.7. The number of carbonyl (C=O) groups excluding carboxylic acids is 4. The van der Waals surface area contributed by atoms with Gasteiger partial charge in [-0.15, -0.1) is 0 Å². The zero-order chi connectivity index (χ0) is 49.9. The van der Waals surface area contributed by atoms with E-state index < -0.39 is 0 Å². The summed E-state index contributed by atoms with van der Waals surface area (Å²) in [6, 6.07) is 3.55. The van der Waals surface area contributed by atoms with Crippen molar-refractivity contribution >= 4 is 41.8 Å². The quantitative estimate of drug-likeness (QED) is 0.367. The molecule has 7 amide bonds. The minimum absolute atomic E-state index is 0.00463. The number of carbonyl (C=O) groups is 4. The molecule has 20 heteroatoms. The molecular weight excluding hydrogens is 823 g/mol. The van der Waals surface area contributed by atoms with Crippen molar-refractivity contribution in [3.8, 4) is 5.75 Å². The Balaban J connectivity index is 0.000000406. The molecule has 5 unspecified atom stereocenters. The van der Waals surface area contributed by atoms with Crippen LogP contribution in [0.1, 0.15) is 58.2 Å². The van der Waals surface area contributed by atoms with Crippen LogP contribution in [0.3, 0.4) is 0 Å². The molecule has 0 bridgehead atoms. The van der Waals surface area contributed by atoms with Gasteiger partial charge < -0.3 is 64.3 Å². The van der Waals surface area contributed by atoms with Crippen LogP contribution < -0.4 is 14.7 Å². The Morgan fingerprint density at radius 1 is 0.625 bits per heavy atom. The van der Waals surface area contributed by atoms with E-state index in [2.05, 4.69) is 61.7 Å². The minimum atomic E-state index is -0.285. The number of aliphatic hydroxyl groups excluding tert-OH is 2. The molecule has 0 radical (unpaired) electrons. The molecule has 2 aromatic rings. The second-order valence-corrected chi connectivity index (χ2v) is 18.2. The topological polar surface area (TPSA) is 200 Å². The van der Waals surface area contributed by atoms with E-state index in [1.54, 1.807) is 78.1 Å². The Bertz CT molecular complexity index is 1680. The van der Waals surface area contributed by atoms with E-state index in [-0.39, 0.29) is 72.8 Å². The third kappa shape index (κ3) is 13.8. The molecule has 3 aliphatic heterocycles. The number of benzene rings is 1. The van der Waals surface area contributed by atoms with Crippen molar-refractivity contribution in [1.29, 1.82) is 0 Å². The van der Waals surface area contributed by atoms with E-state index in [0.29, 0.717) is 23.6 Å². The van der Waals surface area contributed by atoms with Crippen molar-refractivity contribution in [2.45, 2.75) is 84.1 Å². The lowest BCUT2D eigenvalue weighted by Crippen LogP contribution is -2.42. The second kappa shape index (κ2) is 24.1. The number of likely N-dealkylation sites (N-methyl/N-ethyl adjacent to an activating group) is 5. The van der Waals surface area contributed by atoms with Crippen LogP contribution in [0.5, 0.6) is 5.75 Å². The van der Waals surface area contributed by atoms with Gasteiger partial charge in [0, 0.05) is 106 Å². The zero-order valence-corrected chi connectivity index (χ0v) is 42.7. The molecule has 3 saturated heterocycles. The highest BCUT2D eigenvalue weighted by Gasteiger charge is 2.55. The monoisotopic (exact) mass is 904 g/mol. The Kier molecular flexibility index (Phi) is 21.3. The fourth-order valence-electron chi connectivity index (χ4n) is 7.21. The number of phenols is 1. The third-order valence-corrected chi connectivity index (χ3v) is 11.3. The van der Waals surface area contributed by atoms with Gasteiger partial charge in [0.1, 0.15) is 11.9 Å². The van der Waals surface area contributed by atoms with E-state index in [9.17, 15) is 24.3 Å². The van der Waals surface area contributed by atoms with Crippen molar-refractivity contribution in [2.24, 2.45) is 5.92 Å². The van der Waals surface area contributed by atoms with E-state index in [0.717, 1.165) is 24.0 Å². The predicted molar refractivity (Wildman–Crippen MR) is 254 cm³/mol. The maximum absolute atomic E-state index is 11.7. The smallest absolute Gasteiger partial charge is 0.321 e. The number of nitrogens with zero attached hydrogens (tertiary/aromatic N) is 13. The molecule has 5 atom stereocenters. The number of likely N-dealkylation sites (tertiary alicyclic amines) is 1. The van der Waals surface area contributed by atoms with Gasteiger partial charge in [0.25, 0.3) is 0 Å². The maximum atomic E-state index is 11.7. The summed E-state index contributed by atoms with van der Waals surface area (Å²) >= 11 is 0. The number of hydrogen-bond donors (Lipinski definition) is 3. The molecule has 0 spiro atoms. The first-order valence-corrected chi connectivity index (χ1v) is 21.5. The Morgan fingerprint density at radius 2 is 0.969 bits per heavy atom. The highest BCUT2D eigenvalue weighted by Crippen LogP contribution is 2.35. The van der Waals surface area contributed by atoms with Crippen molar-refractivity contribution in [3.63, 3.8) is 0 Å². The molecular formula is C44H81N13O7. The number of aromatic nitrogens is 3. The maximum Gasteiger partial charge on any atom is 0.321 e. The molecule has 64 heavy (non-hydrogen) atoms. The summed E-state index contributed by atoms with van der Waals surface area (Å²) in [5.41, 5.74) is 3.61. The van der Waals surface area contributed by atoms with E-state index in [1.807, 2.05) is 63.9 Å². The number of anilines is 3. The minimum Gasteiger partial charge on any atom is -0.507 e. The van der Waals surface area contributed by atoms with Crippen LogP contribution in [0.25, 0.3) is 0 Å². The largest absolute Gasteiger partial charge is 0.507 e. The highest BCUT2D eigenvalue weighted by molar-refractivity contribution is 5.87.